The van der Waals surface area contributed by atoms with Crippen LogP contribution in [0, 0.1) is 23.2 Å². The fraction of sp³-hybridized carbons (Fsp3) is 0.941. The van der Waals surface area contributed by atoms with Crippen molar-refractivity contribution in [3.05, 3.63) is 0 Å². The zero-order valence-electron chi connectivity index (χ0n) is 13.3. The molecule has 0 heterocycles. The van der Waals surface area contributed by atoms with Gasteiger partial charge in [0.05, 0.1) is 6.07 Å². The van der Waals surface area contributed by atoms with Gasteiger partial charge in [0, 0.05) is 6.54 Å². The Morgan fingerprint density at radius 3 is 2.65 bits per heavy atom. The summed E-state index contributed by atoms with van der Waals surface area (Å²) in [6.45, 7) is 5.42. The predicted molar refractivity (Wildman–Crippen MR) is 83.4 cm³/mol. The summed E-state index contributed by atoms with van der Waals surface area (Å²) >= 11 is 0. The molecular weight excluding hydrogens is 246 g/mol. The summed E-state index contributed by atoms with van der Waals surface area (Å²) in [5, 5.41) is 13.1. The van der Waals surface area contributed by atoms with E-state index in [1.54, 1.807) is 0 Å². The zero-order chi connectivity index (χ0) is 14.4. The van der Waals surface area contributed by atoms with Crippen LogP contribution in [0.25, 0.3) is 0 Å². The summed E-state index contributed by atoms with van der Waals surface area (Å²) in [5.74, 6) is 1.47. The van der Waals surface area contributed by atoms with Crippen LogP contribution in [0.2, 0.25) is 0 Å². The van der Waals surface area contributed by atoms with Crippen LogP contribution in [0.3, 0.4) is 0 Å². The van der Waals surface area contributed by atoms with Crippen LogP contribution in [-0.4, -0.2) is 37.1 Å². The molecule has 0 spiro atoms. The van der Waals surface area contributed by atoms with Gasteiger partial charge in [0.1, 0.15) is 5.54 Å². The molecule has 2 aliphatic carbocycles. The van der Waals surface area contributed by atoms with Crippen molar-refractivity contribution in [2.45, 2.75) is 63.8 Å². The molecular formula is C17H31N3. The standard InChI is InChI=1S/C17H31N3/c1-3-19-17(14-18)11-6-9-16(17)10-12-20(2)13-15-7-4-5-8-15/h15-16,19H,3-13H2,1-2H3. The summed E-state index contributed by atoms with van der Waals surface area (Å²) in [6.07, 6.45) is 10.3. The summed E-state index contributed by atoms with van der Waals surface area (Å²) in [5.41, 5.74) is -0.233. The number of nitriles is 1. The van der Waals surface area contributed by atoms with Gasteiger partial charge in [-0.25, -0.2) is 0 Å². The van der Waals surface area contributed by atoms with Crippen LogP contribution < -0.4 is 5.32 Å². The zero-order valence-corrected chi connectivity index (χ0v) is 13.3. The molecule has 2 fully saturated rings. The van der Waals surface area contributed by atoms with Gasteiger partial charge in [-0.05, 0) is 64.1 Å². The highest BCUT2D eigenvalue weighted by Gasteiger charge is 2.42. The molecule has 2 unspecified atom stereocenters. The number of nitrogens with zero attached hydrogens (tertiary/aromatic N) is 2. The summed E-state index contributed by atoms with van der Waals surface area (Å²) in [7, 11) is 2.26. The van der Waals surface area contributed by atoms with Crippen molar-refractivity contribution in [3.8, 4) is 6.07 Å². The van der Waals surface area contributed by atoms with Crippen LogP contribution in [0.1, 0.15) is 58.3 Å². The third-order valence-electron chi connectivity index (χ3n) is 5.42. The van der Waals surface area contributed by atoms with Gasteiger partial charge in [-0.1, -0.05) is 26.2 Å². The second-order valence-electron chi connectivity index (χ2n) is 6.90. The van der Waals surface area contributed by atoms with Crippen molar-refractivity contribution in [2.75, 3.05) is 26.7 Å². The Labute approximate surface area is 124 Å². The van der Waals surface area contributed by atoms with Crippen molar-refractivity contribution in [1.29, 1.82) is 5.26 Å². The van der Waals surface area contributed by atoms with Gasteiger partial charge in [-0.15, -0.1) is 0 Å². The van der Waals surface area contributed by atoms with E-state index in [1.807, 2.05) is 0 Å². The molecule has 114 valence electrons. The van der Waals surface area contributed by atoms with Crippen LogP contribution >= 0.6 is 0 Å². The summed E-state index contributed by atoms with van der Waals surface area (Å²) in [4.78, 5) is 2.50. The molecule has 3 heteroatoms. The van der Waals surface area contributed by atoms with E-state index in [1.165, 1.54) is 51.5 Å². The molecule has 2 atom stereocenters. The Morgan fingerprint density at radius 1 is 1.25 bits per heavy atom. The molecule has 2 aliphatic rings. The molecule has 0 aromatic heterocycles. The van der Waals surface area contributed by atoms with E-state index in [0.717, 1.165) is 25.4 Å². The molecule has 0 aliphatic heterocycles. The van der Waals surface area contributed by atoms with Gasteiger partial charge in [0.15, 0.2) is 0 Å². The molecule has 2 saturated carbocycles. The minimum atomic E-state index is -0.233. The van der Waals surface area contributed by atoms with Crippen molar-refractivity contribution in [3.63, 3.8) is 0 Å². The molecule has 0 radical (unpaired) electrons. The van der Waals surface area contributed by atoms with Gasteiger partial charge in [-0.2, -0.15) is 5.26 Å². The lowest BCUT2D eigenvalue weighted by molar-refractivity contribution is 0.229. The minimum Gasteiger partial charge on any atom is -0.306 e. The van der Waals surface area contributed by atoms with Crippen molar-refractivity contribution in [1.82, 2.24) is 10.2 Å². The van der Waals surface area contributed by atoms with E-state index in [9.17, 15) is 5.26 Å². The van der Waals surface area contributed by atoms with Gasteiger partial charge < -0.3 is 4.90 Å². The Kier molecular flexibility index (Phi) is 5.86. The second kappa shape index (κ2) is 7.43. The maximum absolute atomic E-state index is 9.59. The van der Waals surface area contributed by atoms with Gasteiger partial charge in [0.25, 0.3) is 0 Å². The average Bonchev–Trinajstić information content (AvgIpc) is 3.07. The first-order valence-corrected chi connectivity index (χ1v) is 8.55. The number of hydrogen-bond donors (Lipinski definition) is 1. The summed E-state index contributed by atoms with van der Waals surface area (Å²) < 4.78 is 0. The topological polar surface area (TPSA) is 39.1 Å². The van der Waals surface area contributed by atoms with Crippen molar-refractivity contribution in [2.24, 2.45) is 11.8 Å². The maximum Gasteiger partial charge on any atom is 0.109 e. The third-order valence-corrected chi connectivity index (χ3v) is 5.42. The first-order valence-electron chi connectivity index (χ1n) is 8.55. The fourth-order valence-corrected chi connectivity index (χ4v) is 4.30. The summed E-state index contributed by atoms with van der Waals surface area (Å²) in [6, 6.07) is 2.60. The predicted octanol–water partition coefficient (Wildman–Crippen LogP) is 3.17. The van der Waals surface area contributed by atoms with Gasteiger partial charge in [-0.3, -0.25) is 5.32 Å². The lowest BCUT2D eigenvalue weighted by atomic mass is 9.85. The first-order chi connectivity index (χ1) is 9.70. The average molecular weight is 277 g/mol. The quantitative estimate of drug-likeness (QED) is 0.777. The van der Waals surface area contributed by atoms with E-state index in [4.69, 9.17) is 0 Å². The molecule has 3 nitrogen and oxygen atoms in total. The van der Waals surface area contributed by atoms with E-state index in [-0.39, 0.29) is 5.54 Å². The SMILES string of the molecule is CCNC1(C#N)CCCC1CCN(C)CC1CCCC1. The monoisotopic (exact) mass is 277 g/mol. The highest BCUT2D eigenvalue weighted by Crippen LogP contribution is 2.37. The molecule has 1 N–H and O–H groups in total. The Balaban J connectivity index is 1.78. The van der Waals surface area contributed by atoms with Crippen LogP contribution in [0.4, 0.5) is 0 Å². The van der Waals surface area contributed by atoms with Crippen LogP contribution in [-0.2, 0) is 0 Å². The lowest BCUT2D eigenvalue weighted by Gasteiger charge is -2.31. The molecule has 0 amide bonds. The van der Waals surface area contributed by atoms with E-state index < -0.39 is 0 Å². The van der Waals surface area contributed by atoms with Gasteiger partial charge in [0.2, 0.25) is 0 Å². The number of nitrogens with one attached hydrogen (secondary N) is 1. The van der Waals surface area contributed by atoms with Crippen molar-refractivity contribution < 1.29 is 0 Å². The van der Waals surface area contributed by atoms with Crippen LogP contribution in [0.5, 0.6) is 0 Å². The maximum atomic E-state index is 9.59. The fourth-order valence-electron chi connectivity index (χ4n) is 4.30. The molecule has 0 aromatic carbocycles. The molecule has 0 saturated heterocycles. The third kappa shape index (κ3) is 3.74. The van der Waals surface area contributed by atoms with E-state index in [0.29, 0.717) is 5.92 Å². The number of hydrogen-bond acceptors (Lipinski definition) is 3. The normalized spacial score (nSPS) is 31.0. The van der Waals surface area contributed by atoms with Crippen molar-refractivity contribution >= 4 is 0 Å². The molecule has 20 heavy (non-hydrogen) atoms. The first kappa shape index (κ1) is 15.8. The molecule has 2 rings (SSSR count). The highest BCUT2D eigenvalue weighted by molar-refractivity contribution is 5.14. The largest absolute Gasteiger partial charge is 0.306 e. The molecule has 0 aromatic rings. The Morgan fingerprint density at radius 2 is 2.00 bits per heavy atom. The van der Waals surface area contributed by atoms with E-state index in [2.05, 4.69) is 30.3 Å². The Hall–Kier alpha value is -0.590. The highest BCUT2D eigenvalue weighted by atomic mass is 15.1. The lowest BCUT2D eigenvalue weighted by Crippen LogP contribution is -2.47. The van der Waals surface area contributed by atoms with E-state index >= 15 is 0 Å². The Bertz CT molecular complexity index is 330. The van der Waals surface area contributed by atoms with Gasteiger partial charge >= 0.3 is 0 Å². The second-order valence-corrected chi connectivity index (χ2v) is 6.90. The minimum absolute atomic E-state index is 0.233. The smallest absolute Gasteiger partial charge is 0.109 e. The van der Waals surface area contributed by atoms with Crippen LogP contribution in [0.15, 0.2) is 0 Å². The number of rotatable bonds is 7. The molecule has 0 bridgehead atoms.